The average molecular weight is 370 g/mol. The Kier molecular flexibility index (Phi) is 6.80. The number of hydrogen-bond acceptors (Lipinski definition) is 2. The number of aliphatic carboxylic acids is 1. The molecule has 28 heavy (non-hydrogen) atoms. The third-order valence-corrected chi connectivity index (χ3v) is 4.25. The monoisotopic (exact) mass is 370 g/mol. The van der Waals surface area contributed by atoms with E-state index in [0.29, 0.717) is 13.0 Å². The van der Waals surface area contributed by atoms with E-state index in [1.165, 1.54) is 0 Å². The van der Waals surface area contributed by atoms with Gasteiger partial charge in [0.15, 0.2) is 0 Å². The van der Waals surface area contributed by atoms with Crippen LogP contribution in [0.4, 0.5) is 0 Å². The third-order valence-electron chi connectivity index (χ3n) is 4.25. The second-order valence-corrected chi connectivity index (χ2v) is 6.29. The lowest BCUT2D eigenvalue weighted by Crippen LogP contribution is -1.96. The molecule has 0 aliphatic carbocycles. The molecule has 0 bridgehead atoms. The lowest BCUT2D eigenvalue weighted by atomic mass is 10.0. The van der Waals surface area contributed by atoms with Gasteiger partial charge in [0.05, 0.1) is 0 Å². The summed E-state index contributed by atoms with van der Waals surface area (Å²) in [4.78, 5) is 10.8. The summed E-state index contributed by atoms with van der Waals surface area (Å²) in [5.74, 6) is -0.114. The maximum absolute atomic E-state index is 10.8. The lowest BCUT2D eigenvalue weighted by molar-refractivity contribution is -0.131. The van der Waals surface area contributed by atoms with Gasteiger partial charge in [-0.2, -0.15) is 0 Å². The summed E-state index contributed by atoms with van der Waals surface area (Å²) in [5, 5.41) is 8.84. The Bertz CT molecular complexity index is 972. The molecule has 0 radical (unpaired) electrons. The predicted molar refractivity (Wildman–Crippen MR) is 113 cm³/mol. The molecule has 0 atom stereocenters. The highest BCUT2D eigenvalue weighted by atomic mass is 16.5. The van der Waals surface area contributed by atoms with E-state index in [1.807, 2.05) is 84.9 Å². The van der Waals surface area contributed by atoms with E-state index < -0.39 is 5.97 Å². The van der Waals surface area contributed by atoms with Gasteiger partial charge in [-0.25, -0.2) is 4.79 Å². The number of ether oxygens (including phenoxy) is 1. The van der Waals surface area contributed by atoms with Crippen molar-refractivity contribution in [2.45, 2.75) is 13.0 Å². The van der Waals surface area contributed by atoms with E-state index in [4.69, 9.17) is 9.84 Å². The van der Waals surface area contributed by atoms with Gasteiger partial charge in [0.1, 0.15) is 12.4 Å². The fourth-order valence-corrected chi connectivity index (χ4v) is 2.84. The quantitative estimate of drug-likeness (QED) is 0.524. The molecule has 0 aliphatic heterocycles. The minimum absolute atomic E-state index is 0.522. The molecule has 3 aromatic rings. The SMILES string of the molecule is O=C(O)C=Cc1ccccc1CC=Cc1ccccc1OCc1ccccc1. The van der Waals surface area contributed by atoms with Crippen molar-refractivity contribution >= 4 is 18.1 Å². The van der Waals surface area contributed by atoms with Crippen LogP contribution >= 0.6 is 0 Å². The molecule has 3 rings (SSSR count). The number of rotatable bonds is 8. The van der Waals surface area contributed by atoms with Crippen molar-refractivity contribution in [2.24, 2.45) is 0 Å². The molecule has 0 saturated heterocycles. The summed E-state index contributed by atoms with van der Waals surface area (Å²) in [5.41, 5.74) is 4.11. The summed E-state index contributed by atoms with van der Waals surface area (Å²) in [6.07, 6.45) is 7.60. The van der Waals surface area contributed by atoms with Gasteiger partial charge < -0.3 is 9.84 Å². The van der Waals surface area contributed by atoms with Crippen LogP contribution in [-0.2, 0) is 17.8 Å². The summed E-state index contributed by atoms with van der Waals surface area (Å²) < 4.78 is 5.99. The fourth-order valence-electron chi connectivity index (χ4n) is 2.84. The molecule has 3 aromatic carbocycles. The average Bonchev–Trinajstić information content (AvgIpc) is 2.73. The summed E-state index contributed by atoms with van der Waals surface area (Å²) in [7, 11) is 0. The molecule has 0 heterocycles. The highest BCUT2D eigenvalue weighted by molar-refractivity contribution is 5.85. The number of carbonyl (C=O) groups is 1. The van der Waals surface area contributed by atoms with Crippen molar-refractivity contribution in [1.29, 1.82) is 0 Å². The Morgan fingerprint density at radius 3 is 2.29 bits per heavy atom. The van der Waals surface area contributed by atoms with Crippen LogP contribution in [0.25, 0.3) is 12.2 Å². The van der Waals surface area contributed by atoms with Gasteiger partial charge in [0, 0.05) is 11.6 Å². The van der Waals surface area contributed by atoms with E-state index in [9.17, 15) is 4.79 Å². The van der Waals surface area contributed by atoms with Crippen LogP contribution in [0.3, 0.4) is 0 Å². The minimum Gasteiger partial charge on any atom is -0.488 e. The first-order valence-corrected chi connectivity index (χ1v) is 9.13. The molecule has 1 N–H and O–H groups in total. The van der Waals surface area contributed by atoms with E-state index in [0.717, 1.165) is 34.1 Å². The first-order valence-electron chi connectivity index (χ1n) is 9.13. The first-order chi connectivity index (χ1) is 13.7. The number of para-hydroxylation sites is 1. The van der Waals surface area contributed by atoms with Crippen LogP contribution in [0.1, 0.15) is 22.3 Å². The van der Waals surface area contributed by atoms with E-state index in [-0.39, 0.29) is 0 Å². The van der Waals surface area contributed by atoms with Gasteiger partial charge in [-0.1, -0.05) is 84.9 Å². The second-order valence-electron chi connectivity index (χ2n) is 6.29. The molecule has 0 amide bonds. The number of hydrogen-bond donors (Lipinski definition) is 1. The number of carboxylic acid groups (broad SMARTS) is 1. The number of allylic oxidation sites excluding steroid dienone is 1. The molecule has 0 spiro atoms. The first kappa shape index (κ1) is 19.2. The van der Waals surface area contributed by atoms with Crippen molar-refractivity contribution in [3.05, 3.63) is 113 Å². The van der Waals surface area contributed by atoms with Crippen LogP contribution in [-0.4, -0.2) is 11.1 Å². The van der Waals surface area contributed by atoms with Gasteiger partial charge in [-0.15, -0.1) is 0 Å². The Balaban J connectivity index is 1.69. The van der Waals surface area contributed by atoms with Crippen molar-refractivity contribution < 1.29 is 14.6 Å². The Hall–Kier alpha value is -3.59. The fraction of sp³-hybridized carbons (Fsp3) is 0.0800. The smallest absolute Gasteiger partial charge is 0.328 e. The largest absolute Gasteiger partial charge is 0.488 e. The van der Waals surface area contributed by atoms with Crippen LogP contribution < -0.4 is 4.74 Å². The van der Waals surface area contributed by atoms with Crippen molar-refractivity contribution in [3.63, 3.8) is 0 Å². The van der Waals surface area contributed by atoms with Crippen LogP contribution in [0.15, 0.2) is 91.0 Å². The van der Waals surface area contributed by atoms with E-state index >= 15 is 0 Å². The Labute approximate surface area is 165 Å². The van der Waals surface area contributed by atoms with Crippen LogP contribution in [0.5, 0.6) is 5.75 Å². The molecule has 0 unspecified atom stereocenters. The Morgan fingerprint density at radius 2 is 1.50 bits per heavy atom. The molecule has 0 aliphatic rings. The molecule has 140 valence electrons. The molecule has 0 aromatic heterocycles. The topological polar surface area (TPSA) is 46.5 Å². The minimum atomic E-state index is -0.949. The summed E-state index contributed by atoms with van der Waals surface area (Å²) in [6.45, 7) is 0.522. The molecular formula is C25H22O3. The second kappa shape index (κ2) is 9.93. The standard InChI is InChI=1S/C25H22O3/c26-25(27)18-17-22-12-5-4-11-21(22)14-8-15-23-13-6-7-16-24(23)28-19-20-9-2-1-3-10-20/h1-13,15-18H,14,19H2,(H,26,27). The number of carboxylic acids is 1. The normalized spacial score (nSPS) is 11.1. The molecule has 3 nitrogen and oxygen atoms in total. The van der Waals surface area contributed by atoms with Crippen molar-refractivity contribution in [1.82, 2.24) is 0 Å². The zero-order valence-electron chi connectivity index (χ0n) is 15.5. The number of benzene rings is 3. The highest BCUT2D eigenvalue weighted by Crippen LogP contribution is 2.21. The molecule has 3 heteroatoms. The third kappa shape index (κ3) is 5.71. The summed E-state index contributed by atoms with van der Waals surface area (Å²) in [6, 6.07) is 25.8. The highest BCUT2D eigenvalue weighted by Gasteiger charge is 2.02. The zero-order valence-corrected chi connectivity index (χ0v) is 15.5. The lowest BCUT2D eigenvalue weighted by Gasteiger charge is -2.09. The molecule has 0 fully saturated rings. The van der Waals surface area contributed by atoms with Crippen LogP contribution in [0.2, 0.25) is 0 Å². The predicted octanol–water partition coefficient (Wildman–Crippen LogP) is 5.62. The van der Waals surface area contributed by atoms with Gasteiger partial charge in [0.2, 0.25) is 0 Å². The van der Waals surface area contributed by atoms with Crippen LogP contribution in [0, 0.1) is 0 Å². The van der Waals surface area contributed by atoms with Gasteiger partial charge >= 0.3 is 5.97 Å². The van der Waals surface area contributed by atoms with E-state index in [1.54, 1.807) is 6.08 Å². The summed E-state index contributed by atoms with van der Waals surface area (Å²) >= 11 is 0. The van der Waals surface area contributed by atoms with Gasteiger partial charge in [-0.05, 0) is 35.3 Å². The maximum Gasteiger partial charge on any atom is 0.328 e. The molecule has 0 saturated carbocycles. The van der Waals surface area contributed by atoms with E-state index in [2.05, 4.69) is 6.08 Å². The maximum atomic E-state index is 10.8. The van der Waals surface area contributed by atoms with Gasteiger partial charge in [0.25, 0.3) is 0 Å². The molecular weight excluding hydrogens is 348 g/mol. The Morgan fingerprint density at radius 1 is 0.821 bits per heavy atom. The van der Waals surface area contributed by atoms with Crippen molar-refractivity contribution in [2.75, 3.05) is 0 Å². The van der Waals surface area contributed by atoms with Gasteiger partial charge in [-0.3, -0.25) is 0 Å². The zero-order chi connectivity index (χ0) is 19.6. The van der Waals surface area contributed by atoms with Crippen molar-refractivity contribution in [3.8, 4) is 5.75 Å².